The number of phenols is 1. The van der Waals surface area contributed by atoms with Gasteiger partial charge in [0.15, 0.2) is 11.5 Å². The molecule has 0 radical (unpaired) electrons. The maximum absolute atomic E-state index is 9.50. The lowest BCUT2D eigenvalue weighted by Gasteiger charge is -2.08. The normalized spacial score (nSPS) is 20.0. The van der Waals surface area contributed by atoms with Gasteiger partial charge in [0.2, 0.25) is 0 Å². The van der Waals surface area contributed by atoms with E-state index in [0.29, 0.717) is 5.75 Å². The van der Waals surface area contributed by atoms with E-state index in [1.165, 1.54) is 0 Å². The number of fused-ring (bicyclic) bond motifs is 1. The fourth-order valence-corrected chi connectivity index (χ4v) is 1.82. The van der Waals surface area contributed by atoms with Gasteiger partial charge in [0.25, 0.3) is 0 Å². The van der Waals surface area contributed by atoms with Gasteiger partial charge >= 0.3 is 0 Å². The zero-order valence-electron chi connectivity index (χ0n) is 7.58. The molecule has 1 aliphatic rings. The van der Waals surface area contributed by atoms with Crippen molar-refractivity contribution in [3.63, 3.8) is 0 Å². The second-order valence-electron chi connectivity index (χ2n) is 3.37. The smallest absolute Gasteiger partial charge is 0.160 e. The van der Waals surface area contributed by atoms with Crippen molar-refractivity contribution in [2.24, 2.45) is 5.73 Å². The third kappa shape index (κ3) is 1.25. The Balaban J connectivity index is 2.51. The van der Waals surface area contributed by atoms with Gasteiger partial charge in [-0.2, -0.15) is 0 Å². The minimum absolute atomic E-state index is 0.101. The Morgan fingerprint density at radius 3 is 3.00 bits per heavy atom. The van der Waals surface area contributed by atoms with E-state index >= 15 is 0 Å². The van der Waals surface area contributed by atoms with Gasteiger partial charge in [0.1, 0.15) is 0 Å². The van der Waals surface area contributed by atoms with E-state index in [9.17, 15) is 5.11 Å². The topological polar surface area (TPSA) is 55.5 Å². The molecular formula is C10H13NO2. The number of phenolic OH excluding ortho intramolecular Hbond substituents is 1. The van der Waals surface area contributed by atoms with Crippen LogP contribution in [0.2, 0.25) is 0 Å². The number of hydrogen-bond acceptors (Lipinski definition) is 3. The van der Waals surface area contributed by atoms with E-state index in [0.717, 1.165) is 24.0 Å². The molecule has 13 heavy (non-hydrogen) atoms. The summed E-state index contributed by atoms with van der Waals surface area (Å²) in [4.78, 5) is 0. The van der Waals surface area contributed by atoms with Crippen LogP contribution < -0.4 is 10.5 Å². The van der Waals surface area contributed by atoms with Crippen molar-refractivity contribution in [1.82, 2.24) is 0 Å². The van der Waals surface area contributed by atoms with Gasteiger partial charge in [0, 0.05) is 6.04 Å². The molecule has 0 saturated carbocycles. The molecule has 0 heterocycles. The van der Waals surface area contributed by atoms with Crippen LogP contribution in [0.3, 0.4) is 0 Å². The SMILES string of the molecule is COc1cc2c(cc1O)CCC2N. The number of aryl methyl sites for hydroxylation is 1. The van der Waals surface area contributed by atoms with Crippen LogP contribution in [0.4, 0.5) is 0 Å². The fraction of sp³-hybridized carbons (Fsp3) is 0.400. The van der Waals surface area contributed by atoms with Gasteiger partial charge in [-0.15, -0.1) is 0 Å². The number of rotatable bonds is 1. The van der Waals surface area contributed by atoms with Crippen LogP contribution in [0.25, 0.3) is 0 Å². The van der Waals surface area contributed by atoms with Crippen molar-refractivity contribution >= 4 is 0 Å². The molecule has 0 amide bonds. The predicted octanol–water partition coefficient (Wildman–Crippen LogP) is 1.35. The highest BCUT2D eigenvalue weighted by Crippen LogP contribution is 2.37. The second kappa shape index (κ2) is 2.92. The van der Waals surface area contributed by atoms with Gasteiger partial charge in [0.05, 0.1) is 7.11 Å². The average Bonchev–Trinajstić information content (AvgIpc) is 2.46. The molecule has 70 valence electrons. The summed E-state index contributed by atoms with van der Waals surface area (Å²) in [5.74, 6) is 0.714. The van der Waals surface area contributed by atoms with Crippen molar-refractivity contribution < 1.29 is 9.84 Å². The van der Waals surface area contributed by atoms with Gasteiger partial charge < -0.3 is 15.6 Å². The predicted molar refractivity (Wildman–Crippen MR) is 49.9 cm³/mol. The quantitative estimate of drug-likeness (QED) is 0.684. The highest BCUT2D eigenvalue weighted by molar-refractivity contribution is 5.49. The first-order valence-corrected chi connectivity index (χ1v) is 4.37. The molecule has 1 aromatic carbocycles. The molecule has 0 aromatic heterocycles. The van der Waals surface area contributed by atoms with Crippen LogP contribution in [0.15, 0.2) is 12.1 Å². The maximum Gasteiger partial charge on any atom is 0.160 e. The summed E-state index contributed by atoms with van der Waals surface area (Å²) in [5.41, 5.74) is 8.13. The molecule has 3 nitrogen and oxygen atoms in total. The molecule has 3 N–H and O–H groups in total. The van der Waals surface area contributed by atoms with E-state index in [1.54, 1.807) is 13.2 Å². The third-order valence-electron chi connectivity index (χ3n) is 2.56. The molecule has 1 unspecified atom stereocenters. The van der Waals surface area contributed by atoms with Gasteiger partial charge in [-0.25, -0.2) is 0 Å². The zero-order chi connectivity index (χ0) is 9.42. The molecule has 0 fully saturated rings. The number of benzene rings is 1. The van der Waals surface area contributed by atoms with Crippen LogP contribution in [0, 0.1) is 0 Å². The summed E-state index contributed by atoms with van der Waals surface area (Å²) < 4.78 is 5.01. The monoisotopic (exact) mass is 179 g/mol. The molecular weight excluding hydrogens is 166 g/mol. The van der Waals surface area contributed by atoms with Crippen LogP contribution in [-0.2, 0) is 6.42 Å². The van der Waals surface area contributed by atoms with Gasteiger partial charge in [-0.3, -0.25) is 0 Å². The Morgan fingerprint density at radius 1 is 1.54 bits per heavy atom. The van der Waals surface area contributed by atoms with Crippen LogP contribution >= 0.6 is 0 Å². The highest BCUT2D eigenvalue weighted by atomic mass is 16.5. The molecule has 1 atom stereocenters. The summed E-state index contributed by atoms with van der Waals surface area (Å²) in [7, 11) is 1.54. The van der Waals surface area contributed by atoms with E-state index in [2.05, 4.69) is 0 Å². The standard InChI is InChI=1S/C10H13NO2/c1-13-10-5-7-6(4-9(10)12)2-3-8(7)11/h4-5,8,12H,2-3,11H2,1H3. The largest absolute Gasteiger partial charge is 0.504 e. The van der Waals surface area contributed by atoms with E-state index in [1.807, 2.05) is 6.07 Å². The first-order valence-electron chi connectivity index (χ1n) is 4.37. The number of methoxy groups -OCH3 is 1. The first-order chi connectivity index (χ1) is 6.22. The van der Waals surface area contributed by atoms with E-state index < -0.39 is 0 Å². The summed E-state index contributed by atoms with van der Waals surface area (Å²) in [5, 5.41) is 9.50. The Bertz CT molecular complexity index is 336. The fourth-order valence-electron chi connectivity index (χ4n) is 1.82. The molecule has 3 heteroatoms. The van der Waals surface area contributed by atoms with Crippen molar-refractivity contribution in [3.05, 3.63) is 23.3 Å². The Labute approximate surface area is 77.1 Å². The molecule has 1 aromatic rings. The second-order valence-corrected chi connectivity index (χ2v) is 3.37. The first kappa shape index (κ1) is 8.38. The minimum Gasteiger partial charge on any atom is -0.504 e. The molecule has 0 aliphatic heterocycles. The molecule has 1 aliphatic carbocycles. The maximum atomic E-state index is 9.50. The Kier molecular flexibility index (Phi) is 1.88. The average molecular weight is 179 g/mol. The van der Waals surface area contributed by atoms with Gasteiger partial charge in [-0.1, -0.05) is 0 Å². The Hall–Kier alpha value is -1.22. The summed E-state index contributed by atoms with van der Waals surface area (Å²) in [6.45, 7) is 0. The summed E-state index contributed by atoms with van der Waals surface area (Å²) >= 11 is 0. The zero-order valence-corrected chi connectivity index (χ0v) is 7.58. The molecule has 0 spiro atoms. The number of nitrogens with two attached hydrogens (primary N) is 1. The highest BCUT2D eigenvalue weighted by Gasteiger charge is 2.21. The summed E-state index contributed by atoms with van der Waals surface area (Å²) in [6, 6.07) is 3.69. The van der Waals surface area contributed by atoms with Gasteiger partial charge in [-0.05, 0) is 36.1 Å². The number of ether oxygens (including phenoxy) is 1. The van der Waals surface area contributed by atoms with E-state index in [4.69, 9.17) is 10.5 Å². The molecule has 2 rings (SSSR count). The number of hydrogen-bond donors (Lipinski definition) is 2. The van der Waals surface area contributed by atoms with Crippen molar-refractivity contribution in [2.75, 3.05) is 7.11 Å². The minimum atomic E-state index is 0.101. The van der Waals surface area contributed by atoms with Crippen LogP contribution in [-0.4, -0.2) is 12.2 Å². The lowest BCUT2D eigenvalue weighted by Crippen LogP contribution is -2.05. The van der Waals surface area contributed by atoms with Crippen LogP contribution in [0.5, 0.6) is 11.5 Å². The molecule has 0 saturated heterocycles. The third-order valence-corrected chi connectivity index (χ3v) is 2.56. The van der Waals surface area contributed by atoms with Crippen molar-refractivity contribution in [2.45, 2.75) is 18.9 Å². The molecule has 0 bridgehead atoms. The van der Waals surface area contributed by atoms with Crippen LogP contribution in [0.1, 0.15) is 23.6 Å². The lowest BCUT2D eigenvalue weighted by atomic mass is 10.1. The van der Waals surface area contributed by atoms with Crippen molar-refractivity contribution in [3.8, 4) is 11.5 Å². The Morgan fingerprint density at radius 2 is 2.31 bits per heavy atom. The van der Waals surface area contributed by atoms with Crippen molar-refractivity contribution in [1.29, 1.82) is 0 Å². The van der Waals surface area contributed by atoms with E-state index in [-0.39, 0.29) is 11.8 Å². The summed E-state index contributed by atoms with van der Waals surface area (Å²) in [6.07, 6.45) is 1.91. The lowest BCUT2D eigenvalue weighted by molar-refractivity contribution is 0.372. The number of aromatic hydroxyl groups is 1.